The van der Waals surface area contributed by atoms with Gasteiger partial charge in [-0.25, -0.2) is 24.9 Å². The van der Waals surface area contributed by atoms with Crippen molar-refractivity contribution in [2.75, 3.05) is 14.2 Å². The molecule has 0 saturated heterocycles. The summed E-state index contributed by atoms with van der Waals surface area (Å²) in [6.07, 6.45) is 5.72. The summed E-state index contributed by atoms with van der Waals surface area (Å²) in [6, 6.07) is 16.5. The van der Waals surface area contributed by atoms with Gasteiger partial charge < -0.3 is 29.4 Å². The number of allylic oxidation sites excluding steroid dienone is 4. The lowest BCUT2D eigenvalue weighted by Gasteiger charge is -2.17. The largest absolute Gasteiger partial charge is 0.469 e. The number of ether oxygens (including phenoxy) is 2. The Morgan fingerprint density at radius 3 is 1.62 bits per heavy atom. The Labute approximate surface area is 517 Å². The third-order valence-electron chi connectivity index (χ3n) is 20.4. The van der Waals surface area contributed by atoms with E-state index in [1.54, 1.807) is 4.40 Å². The number of carbonyl (C=O) groups is 2. The maximum Gasteiger partial charge on any atom is 0.305 e. The molecular weight excluding hydrogens is 1120 g/mol. The lowest BCUT2D eigenvalue weighted by atomic mass is 9.85. The van der Waals surface area contributed by atoms with E-state index in [1.165, 1.54) is 14.2 Å². The van der Waals surface area contributed by atoms with Crippen LogP contribution < -0.4 is 5.56 Å². The van der Waals surface area contributed by atoms with E-state index in [9.17, 15) is 9.59 Å². The fraction of sp³-hybridized carbons (Fsp3) is 0.288. The molecule has 16 bridgehead atoms. The summed E-state index contributed by atoms with van der Waals surface area (Å²) in [5.41, 5.74) is 28.6. The monoisotopic (exact) mass is 1190 g/mol. The smallest absolute Gasteiger partial charge is 0.305 e. The number of nitrogens with zero attached hydrogens (tertiary/aromatic N) is 8. The Balaban J connectivity index is 1.04. The van der Waals surface area contributed by atoms with E-state index in [4.69, 9.17) is 44.4 Å². The Hall–Kier alpha value is -10.2. The zero-order valence-electron chi connectivity index (χ0n) is 52.7. The first kappa shape index (κ1) is 56.4. The fourth-order valence-corrected chi connectivity index (χ4v) is 15.0. The van der Waals surface area contributed by atoms with Crippen LogP contribution in [0.25, 0.3) is 140 Å². The average Bonchev–Trinajstić information content (AvgIpc) is 1.54. The fourth-order valence-electron chi connectivity index (χ4n) is 15.0. The molecule has 17 nitrogen and oxygen atoms in total. The highest BCUT2D eigenvalue weighted by Crippen LogP contribution is 2.53. The topological polar surface area (TPSA) is 227 Å². The van der Waals surface area contributed by atoms with E-state index in [1.807, 2.05) is 24.3 Å². The van der Waals surface area contributed by atoms with Crippen LogP contribution in [0.15, 0.2) is 66.5 Å². The van der Waals surface area contributed by atoms with Gasteiger partial charge >= 0.3 is 11.9 Å². The second kappa shape index (κ2) is 20.4. The van der Waals surface area contributed by atoms with Crippen molar-refractivity contribution in [1.29, 1.82) is 0 Å². The van der Waals surface area contributed by atoms with E-state index in [2.05, 4.69) is 139 Å². The van der Waals surface area contributed by atoms with Gasteiger partial charge in [0.25, 0.3) is 5.56 Å². The highest BCUT2D eigenvalue weighted by Gasteiger charge is 2.39. The molecule has 1 aliphatic carbocycles. The Bertz CT molecular complexity index is 5470. The van der Waals surface area contributed by atoms with Gasteiger partial charge in [0.05, 0.1) is 92.6 Å². The molecule has 1 aromatic carbocycles. The van der Waals surface area contributed by atoms with Crippen molar-refractivity contribution >= 4 is 129 Å². The number of pyridine rings is 1. The molecule has 0 amide bonds. The molecule has 4 unspecified atom stereocenters. The molecular formula is C73H68N12O5. The molecule has 90 heavy (non-hydrogen) atoms. The third-order valence-corrected chi connectivity index (χ3v) is 20.4. The number of aryl methyl sites for hydroxylation is 4. The second-order valence-electron chi connectivity index (χ2n) is 25.0. The first-order valence-corrected chi connectivity index (χ1v) is 31.0. The molecule has 5 aliphatic rings. The van der Waals surface area contributed by atoms with E-state index in [-0.39, 0.29) is 54.0 Å². The maximum absolute atomic E-state index is 16.3. The normalized spacial score (nSPS) is 17.0. The van der Waals surface area contributed by atoms with E-state index < -0.39 is 0 Å². The lowest BCUT2D eigenvalue weighted by molar-refractivity contribution is -0.141. The molecule has 9 aromatic heterocycles. The van der Waals surface area contributed by atoms with E-state index in [0.717, 1.165) is 157 Å². The molecule has 0 radical (unpaired) electrons. The van der Waals surface area contributed by atoms with Crippen LogP contribution in [0.4, 0.5) is 0 Å². The summed E-state index contributed by atoms with van der Waals surface area (Å²) in [7, 11) is 2.82. The van der Waals surface area contributed by atoms with Crippen LogP contribution in [-0.2, 0) is 19.1 Å². The van der Waals surface area contributed by atoms with E-state index in [0.29, 0.717) is 68.5 Å². The summed E-state index contributed by atoms with van der Waals surface area (Å²) in [6.45, 7) is 29.5. The van der Waals surface area contributed by atoms with Crippen LogP contribution in [0, 0.1) is 27.7 Å². The number of imidazole rings is 1. The lowest BCUT2D eigenvalue weighted by Crippen LogP contribution is -2.16. The SMILES string of the molecule is C=Cc1c(C)c2cc3nc(c4c(=O)n5c6cc7nc8c(nc7cc6nc5c5c(C)c(cc6nc(cc1[nH]2)C(C)=C6C)[nH]c45)-c1c2nc(cc4[nH]c(cc5nc(cc6[nH]c1c-8c6C)C(CC)=C5C)c(C=C)c4C)C(C)C2CCC(=O)OC)C(CCC(=O)OC)C3C. The number of hydrogen-bond donors (Lipinski definition) is 4. The van der Waals surface area contributed by atoms with Crippen LogP contribution in [0.5, 0.6) is 0 Å². The summed E-state index contributed by atoms with van der Waals surface area (Å²) >= 11 is 0. The predicted molar refractivity (Wildman–Crippen MR) is 359 cm³/mol. The van der Waals surface area contributed by atoms with Gasteiger partial charge in [0.1, 0.15) is 5.69 Å². The third kappa shape index (κ3) is 8.12. The number of benzene rings is 1. The first-order chi connectivity index (χ1) is 43.3. The molecule has 17 heteroatoms. The highest BCUT2D eigenvalue weighted by molar-refractivity contribution is 6.13. The number of hydrogen-bond acceptors (Lipinski definition) is 12. The van der Waals surface area contributed by atoms with Gasteiger partial charge in [-0.1, -0.05) is 46.1 Å². The molecule has 10 aromatic rings. The Kier molecular flexibility index (Phi) is 12.8. The van der Waals surface area contributed by atoms with Gasteiger partial charge in [0.2, 0.25) is 0 Å². The first-order valence-electron chi connectivity index (χ1n) is 31.0. The molecule has 4 atom stereocenters. The minimum Gasteiger partial charge on any atom is -0.469 e. The predicted octanol–water partition coefficient (Wildman–Crippen LogP) is 15.8. The number of fused-ring (bicyclic) bond motifs is 24. The van der Waals surface area contributed by atoms with Crippen LogP contribution >= 0.6 is 0 Å². The minimum absolute atomic E-state index is 0.112. The standard InChI is InChI=1S/C73H68N12O5/c1-15-39-32(6)47-24-50-36(10)43(19-21-61(87)90-14)67(79-50)65-69-63(38(12)51(81-69)22-44-30(4)31(5)45(74-44)25-53(39)75-47)72-84-58-28-56-57(29-59(58)85(72)73(65)88)83-70-62-37(11)52-27-55-41(17-3)34(8)48(77-55)26-54-40(16-2)33(7)46(76-54)23-49-35(9)42(18-20-60(86)89-13)66(78-49)64(68(62)80-52)71(70)82-56/h15-16,22-29,35-36,42-43,75-76,80-81H,1-2,17-21H2,3-14H3. The zero-order valence-corrected chi connectivity index (χ0v) is 52.7. The molecule has 15 rings (SSSR count). The summed E-state index contributed by atoms with van der Waals surface area (Å²) in [5.74, 6) is -1.52. The van der Waals surface area contributed by atoms with Crippen molar-refractivity contribution in [2.24, 2.45) is 0 Å². The zero-order chi connectivity index (χ0) is 62.8. The molecule has 4 N–H and O–H groups in total. The minimum atomic E-state index is -0.353. The Morgan fingerprint density at radius 1 is 0.533 bits per heavy atom. The Morgan fingerprint density at radius 2 is 1.03 bits per heavy atom. The van der Waals surface area contributed by atoms with Gasteiger partial charge in [0.15, 0.2) is 5.65 Å². The quantitative estimate of drug-likeness (QED) is 0.0990. The number of carbonyl (C=O) groups excluding carboxylic acids is 2. The van der Waals surface area contributed by atoms with Crippen LogP contribution in [0.3, 0.4) is 0 Å². The molecule has 450 valence electrons. The second-order valence-corrected chi connectivity index (χ2v) is 25.0. The van der Waals surface area contributed by atoms with Crippen molar-refractivity contribution in [1.82, 2.24) is 59.2 Å². The van der Waals surface area contributed by atoms with Crippen molar-refractivity contribution in [3.8, 4) is 22.5 Å². The van der Waals surface area contributed by atoms with Crippen LogP contribution in [0.1, 0.15) is 176 Å². The highest BCUT2D eigenvalue weighted by atomic mass is 16.5. The number of esters is 2. The van der Waals surface area contributed by atoms with Gasteiger partial charge in [-0.3, -0.25) is 28.8 Å². The van der Waals surface area contributed by atoms with Gasteiger partial charge in [0, 0.05) is 109 Å². The summed E-state index contributed by atoms with van der Waals surface area (Å²) < 4.78 is 12.2. The number of aromatic nitrogens is 12. The molecule has 0 spiro atoms. The number of H-pyrrole nitrogens is 4. The van der Waals surface area contributed by atoms with Gasteiger partial charge in [-0.15, -0.1) is 0 Å². The van der Waals surface area contributed by atoms with Gasteiger partial charge in [-0.05, 0) is 161 Å². The van der Waals surface area contributed by atoms with Crippen molar-refractivity contribution < 1.29 is 19.1 Å². The van der Waals surface area contributed by atoms with Crippen molar-refractivity contribution in [3.63, 3.8) is 0 Å². The number of aromatic amines is 4. The molecule has 4 aliphatic heterocycles. The summed E-state index contributed by atoms with van der Waals surface area (Å²) in [4.78, 5) is 95.6. The molecule has 0 saturated carbocycles. The number of nitrogens with one attached hydrogen (secondary N) is 4. The van der Waals surface area contributed by atoms with E-state index >= 15 is 4.79 Å². The van der Waals surface area contributed by atoms with Crippen molar-refractivity contribution in [2.45, 2.75) is 125 Å². The number of methoxy groups -OCH3 is 2. The van der Waals surface area contributed by atoms with Crippen LogP contribution in [0.2, 0.25) is 0 Å². The maximum atomic E-state index is 16.3. The molecule has 0 fully saturated rings. The average molecular weight is 1190 g/mol. The summed E-state index contributed by atoms with van der Waals surface area (Å²) in [5, 5.41) is 1.15. The number of rotatable bonds is 9. The molecule has 13 heterocycles. The van der Waals surface area contributed by atoms with Gasteiger partial charge in [-0.2, -0.15) is 0 Å². The van der Waals surface area contributed by atoms with Crippen molar-refractivity contribution in [3.05, 3.63) is 151 Å². The van der Waals surface area contributed by atoms with Crippen LogP contribution in [-0.4, -0.2) is 85.4 Å².